The number of rotatable bonds is 2. The van der Waals surface area contributed by atoms with E-state index in [1.165, 1.54) is 6.26 Å². The molecule has 1 aromatic heterocycles. The maximum atomic E-state index is 12.2. The molecule has 0 aliphatic carbocycles. The molecule has 0 amide bonds. The Morgan fingerprint density at radius 1 is 1.06 bits per heavy atom. The van der Waals surface area contributed by atoms with Gasteiger partial charge >= 0.3 is 0 Å². The molecule has 2 aromatic rings. The molecule has 0 unspecified atom stereocenters. The van der Waals surface area contributed by atoms with Crippen LogP contribution >= 0.6 is 0 Å². The molecule has 0 bridgehead atoms. The molecule has 0 atom stereocenters. The summed E-state index contributed by atoms with van der Waals surface area (Å²) in [6.07, 6.45) is 1.47. The Bertz CT molecular complexity index is 598. The zero-order valence-electron chi connectivity index (χ0n) is 9.93. The zero-order valence-corrected chi connectivity index (χ0v) is 9.93. The number of aryl methyl sites for hydroxylation is 1. The van der Waals surface area contributed by atoms with Crippen molar-refractivity contribution < 1.29 is 18.7 Å². The number of fused-ring (bicyclic) bond motifs is 1. The fourth-order valence-electron chi connectivity index (χ4n) is 1.91. The van der Waals surface area contributed by atoms with Crippen LogP contribution in [0.4, 0.5) is 0 Å². The molecule has 1 aromatic carbocycles. The molecule has 92 valence electrons. The lowest BCUT2D eigenvalue weighted by molar-refractivity contribution is 0.103. The van der Waals surface area contributed by atoms with Gasteiger partial charge in [0.1, 0.15) is 25.2 Å². The Morgan fingerprint density at radius 3 is 2.56 bits per heavy atom. The van der Waals surface area contributed by atoms with E-state index in [0.717, 1.165) is 5.76 Å². The standard InChI is InChI=1S/C14H12O4/c1-9-6-11(8-18-9)14(15)10-2-3-12-13(7-10)17-5-4-16-12/h2-3,6-8H,4-5H2,1H3. The average molecular weight is 244 g/mol. The number of hydrogen-bond acceptors (Lipinski definition) is 4. The third kappa shape index (κ3) is 1.86. The van der Waals surface area contributed by atoms with Crippen molar-refractivity contribution in [2.45, 2.75) is 6.92 Å². The number of carbonyl (C=O) groups is 1. The maximum absolute atomic E-state index is 12.2. The van der Waals surface area contributed by atoms with E-state index >= 15 is 0 Å². The summed E-state index contributed by atoms with van der Waals surface area (Å²) >= 11 is 0. The van der Waals surface area contributed by atoms with Crippen molar-refractivity contribution in [3.8, 4) is 11.5 Å². The van der Waals surface area contributed by atoms with E-state index in [9.17, 15) is 4.79 Å². The molecule has 0 N–H and O–H groups in total. The molecule has 1 aliphatic heterocycles. The van der Waals surface area contributed by atoms with Crippen LogP contribution < -0.4 is 9.47 Å². The SMILES string of the molecule is Cc1cc(C(=O)c2ccc3c(c2)OCCO3)co1. The molecule has 0 fully saturated rings. The van der Waals surface area contributed by atoms with Crippen molar-refractivity contribution >= 4 is 5.78 Å². The number of carbonyl (C=O) groups excluding carboxylic acids is 1. The number of benzene rings is 1. The van der Waals surface area contributed by atoms with Gasteiger partial charge in [-0.3, -0.25) is 4.79 Å². The first-order valence-electron chi connectivity index (χ1n) is 5.73. The minimum atomic E-state index is -0.0798. The molecule has 1 aliphatic rings. The van der Waals surface area contributed by atoms with Gasteiger partial charge in [-0.1, -0.05) is 0 Å². The molecule has 0 saturated carbocycles. The first-order chi connectivity index (χ1) is 8.74. The fraction of sp³-hybridized carbons (Fsp3) is 0.214. The first-order valence-corrected chi connectivity index (χ1v) is 5.73. The van der Waals surface area contributed by atoms with Gasteiger partial charge in [0, 0.05) is 5.56 Å². The highest BCUT2D eigenvalue weighted by Gasteiger charge is 2.17. The number of ether oxygens (including phenoxy) is 2. The second-order valence-corrected chi connectivity index (χ2v) is 4.13. The Hall–Kier alpha value is -2.23. The molecule has 4 heteroatoms. The number of hydrogen-bond donors (Lipinski definition) is 0. The minimum Gasteiger partial charge on any atom is -0.486 e. The van der Waals surface area contributed by atoms with Crippen LogP contribution in [0.3, 0.4) is 0 Å². The summed E-state index contributed by atoms with van der Waals surface area (Å²) in [5.74, 6) is 1.94. The minimum absolute atomic E-state index is 0.0798. The van der Waals surface area contributed by atoms with Crippen LogP contribution in [-0.4, -0.2) is 19.0 Å². The van der Waals surface area contributed by atoms with Crippen LogP contribution in [0.2, 0.25) is 0 Å². The van der Waals surface area contributed by atoms with Gasteiger partial charge in [0.05, 0.1) is 5.56 Å². The molecule has 0 saturated heterocycles. The van der Waals surface area contributed by atoms with Gasteiger partial charge in [-0.05, 0) is 31.2 Å². The topological polar surface area (TPSA) is 48.7 Å². The Morgan fingerprint density at radius 2 is 1.83 bits per heavy atom. The Balaban J connectivity index is 1.95. The van der Waals surface area contributed by atoms with E-state index in [-0.39, 0.29) is 5.78 Å². The lowest BCUT2D eigenvalue weighted by Gasteiger charge is -2.18. The van der Waals surface area contributed by atoms with Gasteiger partial charge in [0.15, 0.2) is 17.3 Å². The third-order valence-corrected chi connectivity index (χ3v) is 2.80. The van der Waals surface area contributed by atoms with E-state index < -0.39 is 0 Å². The second kappa shape index (κ2) is 4.22. The van der Waals surface area contributed by atoms with Crippen LogP contribution in [0.5, 0.6) is 11.5 Å². The van der Waals surface area contributed by atoms with Crippen molar-refractivity contribution in [3.63, 3.8) is 0 Å². The van der Waals surface area contributed by atoms with Crippen molar-refractivity contribution in [1.29, 1.82) is 0 Å². The van der Waals surface area contributed by atoms with Gasteiger partial charge in [-0.25, -0.2) is 0 Å². The third-order valence-electron chi connectivity index (χ3n) is 2.80. The normalized spacial score (nSPS) is 13.4. The summed E-state index contributed by atoms with van der Waals surface area (Å²) < 4.78 is 16.0. The molecular formula is C14H12O4. The van der Waals surface area contributed by atoms with Gasteiger partial charge in [0.2, 0.25) is 0 Å². The fourth-order valence-corrected chi connectivity index (χ4v) is 1.91. The van der Waals surface area contributed by atoms with Crippen molar-refractivity contribution in [1.82, 2.24) is 0 Å². The van der Waals surface area contributed by atoms with Gasteiger partial charge < -0.3 is 13.9 Å². The van der Waals surface area contributed by atoms with Gasteiger partial charge in [-0.2, -0.15) is 0 Å². The zero-order chi connectivity index (χ0) is 12.5. The van der Waals surface area contributed by atoms with Crippen molar-refractivity contribution in [3.05, 3.63) is 47.4 Å². The molecular weight excluding hydrogens is 232 g/mol. The summed E-state index contributed by atoms with van der Waals surface area (Å²) in [5.41, 5.74) is 1.12. The monoisotopic (exact) mass is 244 g/mol. The van der Waals surface area contributed by atoms with Gasteiger partial charge in [0.25, 0.3) is 0 Å². The highest BCUT2D eigenvalue weighted by atomic mass is 16.6. The highest BCUT2D eigenvalue weighted by molar-refractivity contribution is 6.09. The molecule has 18 heavy (non-hydrogen) atoms. The van der Waals surface area contributed by atoms with Crippen molar-refractivity contribution in [2.75, 3.05) is 13.2 Å². The lowest BCUT2D eigenvalue weighted by Crippen LogP contribution is -2.15. The van der Waals surface area contributed by atoms with Crippen LogP contribution in [0.25, 0.3) is 0 Å². The maximum Gasteiger partial charge on any atom is 0.196 e. The quantitative estimate of drug-likeness (QED) is 0.762. The smallest absolute Gasteiger partial charge is 0.196 e. The predicted molar refractivity (Wildman–Crippen MR) is 64.3 cm³/mol. The Labute approximate surface area is 104 Å². The van der Waals surface area contributed by atoms with E-state index in [1.54, 1.807) is 31.2 Å². The highest BCUT2D eigenvalue weighted by Crippen LogP contribution is 2.31. The summed E-state index contributed by atoms with van der Waals surface area (Å²) in [7, 11) is 0. The Kier molecular flexibility index (Phi) is 2.55. The van der Waals surface area contributed by atoms with Crippen LogP contribution in [0.15, 0.2) is 34.9 Å². The second-order valence-electron chi connectivity index (χ2n) is 4.13. The average Bonchev–Trinajstić information content (AvgIpc) is 2.84. The summed E-state index contributed by atoms with van der Waals surface area (Å²) in [6, 6.07) is 6.92. The van der Waals surface area contributed by atoms with Crippen LogP contribution in [0, 0.1) is 6.92 Å². The summed E-state index contributed by atoms with van der Waals surface area (Å²) in [5, 5.41) is 0. The van der Waals surface area contributed by atoms with Crippen molar-refractivity contribution in [2.24, 2.45) is 0 Å². The van der Waals surface area contributed by atoms with E-state index in [4.69, 9.17) is 13.9 Å². The predicted octanol–water partition coefficient (Wildman–Crippen LogP) is 2.59. The summed E-state index contributed by atoms with van der Waals surface area (Å²) in [6.45, 7) is 2.86. The first kappa shape index (κ1) is 10.9. The molecule has 0 radical (unpaired) electrons. The number of furan rings is 1. The number of ketones is 1. The lowest BCUT2D eigenvalue weighted by atomic mass is 10.1. The largest absolute Gasteiger partial charge is 0.486 e. The van der Waals surface area contributed by atoms with E-state index in [1.807, 2.05) is 0 Å². The van der Waals surface area contributed by atoms with E-state index in [2.05, 4.69) is 0 Å². The van der Waals surface area contributed by atoms with Gasteiger partial charge in [-0.15, -0.1) is 0 Å². The molecule has 2 heterocycles. The van der Waals surface area contributed by atoms with Crippen LogP contribution in [-0.2, 0) is 0 Å². The molecule has 0 spiro atoms. The summed E-state index contributed by atoms with van der Waals surface area (Å²) in [4.78, 5) is 12.2. The van der Waals surface area contributed by atoms with Crippen LogP contribution in [0.1, 0.15) is 21.7 Å². The van der Waals surface area contributed by atoms with E-state index in [0.29, 0.717) is 35.8 Å². The molecule has 3 rings (SSSR count). The molecule has 4 nitrogen and oxygen atoms in total.